The van der Waals surface area contributed by atoms with E-state index in [2.05, 4.69) is 0 Å². The summed E-state index contributed by atoms with van der Waals surface area (Å²) in [5.41, 5.74) is 5.77. The average Bonchev–Trinajstić information content (AvgIpc) is 2.15. The standard InChI is InChI=1S/C14H27NO2/c1-14(2,3)17-13(16)10-11-8-6-4-5-7-9-12(11)15/h11-12H,4-10,15H2,1-3H3/t11-,12-/m0/s1. The van der Waals surface area contributed by atoms with Crippen LogP contribution in [0.5, 0.6) is 0 Å². The Morgan fingerprint density at radius 2 is 1.76 bits per heavy atom. The molecule has 1 rings (SSSR count). The topological polar surface area (TPSA) is 52.3 Å². The lowest BCUT2D eigenvalue weighted by atomic mass is 9.85. The second kappa shape index (κ2) is 6.39. The molecule has 0 bridgehead atoms. The van der Waals surface area contributed by atoms with E-state index in [1.807, 2.05) is 20.8 Å². The molecule has 100 valence electrons. The number of carbonyl (C=O) groups is 1. The molecule has 3 nitrogen and oxygen atoms in total. The molecule has 17 heavy (non-hydrogen) atoms. The van der Waals surface area contributed by atoms with Crippen molar-refractivity contribution in [2.45, 2.75) is 77.4 Å². The number of hydrogen-bond donors (Lipinski definition) is 1. The summed E-state index contributed by atoms with van der Waals surface area (Å²) in [4.78, 5) is 11.8. The van der Waals surface area contributed by atoms with Crippen LogP contribution in [0.2, 0.25) is 0 Å². The summed E-state index contributed by atoms with van der Waals surface area (Å²) in [7, 11) is 0. The first-order valence-electron chi connectivity index (χ1n) is 6.86. The first-order valence-corrected chi connectivity index (χ1v) is 6.86. The Morgan fingerprint density at radius 3 is 2.35 bits per heavy atom. The van der Waals surface area contributed by atoms with Crippen LogP contribution in [0.25, 0.3) is 0 Å². The molecule has 0 unspecified atom stereocenters. The first kappa shape index (κ1) is 14.5. The molecule has 0 aromatic heterocycles. The summed E-state index contributed by atoms with van der Waals surface area (Å²) in [6, 6.07) is 0.169. The minimum atomic E-state index is -0.386. The van der Waals surface area contributed by atoms with Gasteiger partial charge in [0.25, 0.3) is 0 Å². The van der Waals surface area contributed by atoms with Gasteiger partial charge < -0.3 is 10.5 Å². The van der Waals surface area contributed by atoms with Crippen molar-refractivity contribution in [3.63, 3.8) is 0 Å². The minimum Gasteiger partial charge on any atom is -0.460 e. The molecule has 0 heterocycles. The van der Waals surface area contributed by atoms with Gasteiger partial charge in [0, 0.05) is 12.5 Å². The van der Waals surface area contributed by atoms with E-state index in [1.165, 1.54) is 25.7 Å². The highest BCUT2D eigenvalue weighted by atomic mass is 16.6. The monoisotopic (exact) mass is 241 g/mol. The van der Waals surface area contributed by atoms with Crippen LogP contribution in [-0.2, 0) is 9.53 Å². The van der Waals surface area contributed by atoms with Crippen LogP contribution in [0.4, 0.5) is 0 Å². The molecule has 1 saturated carbocycles. The highest BCUT2D eigenvalue weighted by molar-refractivity contribution is 5.70. The lowest BCUT2D eigenvalue weighted by Gasteiger charge is -2.27. The number of hydrogen-bond acceptors (Lipinski definition) is 3. The second-order valence-corrected chi connectivity index (χ2v) is 6.21. The van der Waals surface area contributed by atoms with Crippen molar-refractivity contribution in [3.8, 4) is 0 Å². The number of esters is 1. The molecular weight excluding hydrogens is 214 g/mol. The normalized spacial score (nSPS) is 27.1. The fraction of sp³-hybridized carbons (Fsp3) is 0.929. The molecule has 1 aliphatic carbocycles. The van der Waals surface area contributed by atoms with Crippen molar-refractivity contribution in [3.05, 3.63) is 0 Å². The maximum Gasteiger partial charge on any atom is 0.306 e. The van der Waals surface area contributed by atoms with E-state index >= 15 is 0 Å². The maximum absolute atomic E-state index is 11.8. The van der Waals surface area contributed by atoms with Crippen LogP contribution >= 0.6 is 0 Å². The SMILES string of the molecule is CC(C)(C)OC(=O)C[C@@H]1CCCCCC[C@@H]1N. The van der Waals surface area contributed by atoms with Gasteiger partial charge in [0.05, 0.1) is 0 Å². The van der Waals surface area contributed by atoms with Gasteiger partial charge in [-0.25, -0.2) is 0 Å². The number of carbonyl (C=O) groups excluding carboxylic acids is 1. The Hall–Kier alpha value is -0.570. The van der Waals surface area contributed by atoms with E-state index in [4.69, 9.17) is 10.5 Å². The summed E-state index contributed by atoms with van der Waals surface area (Å²) in [6.07, 6.45) is 7.56. The molecule has 0 amide bonds. The van der Waals surface area contributed by atoms with E-state index in [9.17, 15) is 4.79 Å². The van der Waals surface area contributed by atoms with Gasteiger partial charge in [-0.1, -0.05) is 25.7 Å². The lowest BCUT2D eigenvalue weighted by molar-refractivity contribution is -0.156. The van der Waals surface area contributed by atoms with E-state index in [-0.39, 0.29) is 17.6 Å². The average molecular weight is 241 g/mol. The summed E-state index contributed by atoms with van der Waals surface area (Å²) >= 11 is 0. The Balaban J connectivity index is 2.43. The van der Waals surface area contributed by atoms with Gasteiger partial charge in [0.1, 0.15) is 5.60 Å². The van der Waals surface area contributed by atoms with Gasteiger partial charge in [-0.15, -0.1) is 0 Å². The van der Waals surface area contributed by atoms with Crippen molar-refractivity contribution in [1.29, 1.82) is 0 Å². The molecular formula is C14H27NO2. The molecule has 1 aliphatic rings. The molecule has 2 atom stereocenters. The molecule has 0 radical (unpaired) electrons. The third kappa shape index (κ3) is 6.06. The molecule has 0 spiro atoms. The third-order valence-electron chi connectivity index (χ3n) is 3.32. The Bertz CT molecular complexity index is 245. The fourth-order valence-corrected chi connectivity index (χ4v) is 2.44. The maximum atomic E-state index is 11.8. The van der Waals surface area contributed by atoms with Gasteiger partial charge in [0.2, 0.25) is 0 Å². The molecule has 0 saturated heterocycles. The van der Waals surface area contributed by atoms with E-state index < -0.39 is 0 Å². The van der Waals surface area contributed by atoms with Crippen molar-refractivity contribution in [2.24, 2.45) is 11.7 Å². The zero-order valence-corrected chi connectivity index (χ0v) is 11.5. The van der Waals surface area contributed by atoms with Crippen molar-refractivity contribution in [2.75, 3.05) is 0 Å². The number of nitrogens with two attached hydrogens (primary N) is 1. The van der Waals surface area contributed by atoms with E-state index in [0.717, 1.165) is 12.8 Å². The number of rotatable bonds is 2. The van der Waals surface area contributed by atoms with Crippen LogP contribution in [0.3, 0.4) is 0 Å². The van der Waals surface area contributed by atoms with Gasteiger partial charge in [0.15, 0.2) is 0 Å². The number of ether oxygens (including phenoxy) is 1. The molecule has 1 fully saturated rings. The summed E-state index contributed by atoms with van der Waals surface area (Å²) in [6.45, 7) is 5.72. The first-order chi connectivity index (χ1) is 7.88. The Morgan fingerprint density at radius 1 is 1.18 bits per heavy atom. The van der Waals surface area contributed by atoms with Crippen LogP contribution < -0.4 is 5.73 Å². The van der Waals surface area contributed by atoms with Crippen molar-refractivity contribution in [1.82, 2.24) is 0 Å². The summed E-state index contributed by atoms with van der Waals surface area (Å²) < 4.78 is 5.37. The highest BCUT2D eigenvalue weighted by Gasteiger charge is 2.25. The quantitative estimate of drug-likeness (QED) is 0.756. The Labute approximate surface area is 105 Å². The molecule has 0 aromatic rings. The molecule has 3 heteroatoms. The summed E-state index contributed by atoms with van der Waals surface area (Å²) in [5, 5.41) is 0. The van der Waals surface area contributed by atoms with E-state index in [0.29, 0.717) is 12.3 Å². The van der Waals surface area contributed by atoms with Crippen molar-refractivity contribution < 1.29 is 9.53 Å². The van der Waals surface area contributed by atoms with Gasteiger partial charge in [-0.3, -0.25) is 4.79 Å². The predicted octanol–water partition coefficient (Wildman–Crippen LogP) is 3.02. The molecule has 0 aromatic carbocycles. The van der Waals surface area contributed by atoms with Crippen LogP contribution in [-0.4, -0.2) is 17.6 Å². The van der Waals surface area contributed by atoms with Gasteiger partial charge in [-0.2, -0.15) is 0 Å². The molecule has 2 N–H and O–H groups in total. The highest BCUT2D eigenvalue weighted by Crippen LogP contribution is 2.25. The Kier molecular flexibility index (Phi) is 5.44. The zero-order valence-electron chi connectivity index (χ0n) is 11.5. The lowest BCUT2D eigenvalue weighted by Crippen LogP contribution is -2.34. The van der Waals surface area contributed by atoms with Crippen LogP contribution in [0.1, 0.15) is 65.7 Å². The summed E-state index contributed by atoms with van der Waals surface area (Å²) in [5.74, 6) is 0.212. The smallest absolute Gasteiger partial charge is 0.306 e. The van der Waals surface area contributed by atoms with Crippen LogP contribution in [0, 0.1) is 5.92 Å². The third-order valence-corrected chi connectivity index (χ3v) is 3.32. The van der Waals surface area contributed by atoms with Crippen LogP contribution in [0.15, 0.2) is 0 Å². The van der Waals surface area contributed by atoms with E-state index in [1.54, 1.807) is 0 Å². The van der Waals surface area contributed by atoms with Gasteiger partial charge in [-0.05, 0) is 39.5 Å². The minimum absolute atomic E-state index is 0.0986. The largest absolute Gasteiger partial charge is 0.460 e. The second-order valence-electron chi connectivity index (χ2n) is 6.21. The zero-order chi connectivity index (χ0) is 12.9. The fourth-order valence-electron chi connectivity index (χ4n) is 2.44. The predicted molar refractivity (Wildman–Crippen MR) is 69.6 cm³/mol. The van der Waals surface area contributed by atoms with Gasteiger partial charge >= 0.3 is 5.97 Å². The van der Waals surface area contributed by atoms with Crippen molar-refractivity contribution >= 4 is 5.97 Å². The molecule has 0 aliphatic heterocycles.